The molecule has 0 saturated carbocycles. The summed E-state index contributed by atoms with van der Waals surface area (Å²) in [4.78, 5) is 26.0. The minimum Gasteiger partial charge on any atom is -0.379 e. The van der Waals surface area contributed by atoms with E-state index in [2.05, 4.69) is 4.84 Å². The second-order valence-corrected chi connectivity index (χ2v) is 3.92. The predicted octanol–water partition coefficient (Wildman–Crippen LogP) is 0.0571. The molecule has 0 fully saturated rings. The number of nitrogens with one attached hydrogen (secondary N) is 1. The largest absolute Gasteiger partial charge is 0.379 e. The lowest BCUT2D eigenvalue weighted by Gasteiger charge is -2.07. The first-order valence-corrected chi connectivity index (χ1v) is 6.94. The van der Waals surface area contributed by atoms with E-state index in [1.807, 2.05) is 12.4 Å². The quantitative estimate of drug-likeness (QED) is 0.380. The van der Waals surface area contributed by atoms with Crippen molar-refractivity contribution in [3.63, 3.8) is 0 Å². The molecule has 0 rings (SSSR count). The van der Waals surface area contributed by atoms with Crippen molar-refractivity contribution in [2.24, 2.45) is 0 Å². The molecule has 0 aliphatic carbocycles. The number of carbonyl (C=O) groups excluding carboxylic acids is 2. The smallest absolute Gasteiger partial charge is 0.334 e. The van der Waals surface area contributed by atoms with Crippen molar-refractivity contribution in [1.82, 2.24) is 5.48 Å². The van der Waals surface area contributed by atoms with Crippen LogP contribution >= 0.6 is 0 Å². The first-order valence-electron chi connectivity index (χ1n) is 6.94. The van der Waals surface area contributed by atoms with Crippen LogP contribution in [0.25, 0.3) is 0 Å². The Bertz CT molecular complexity index is 273. The van der Waals surface area contributed by atoms with Crippen molar-refractivity contribution in [2.75, 3.05) is 52.9 Å². The van der Waals surface area contributed by atoms with E-state index in [0.29, 0.717) is 46.2 Å². The molecule has 0 heterocycles. The van der Waals surface area contributed by atoms with Gasteiger partial charge in [0.1, 0.15) is 0 Å². The van der Waals surface area contributed by atoms with E-state index in [1.165, 1.54) is 6.92 Å². The van der Waals surface area contributed by atoms with E-state index in [9.17, 15) is 9.59 Å². The molecule has 124 valence electrons. The highest BCUT2D eigenvalue weighted by molar-refractivity contribution is 5.75. The number of hydrogen-bond acceptors (Lipinski definition) is 7. The summed E-state index contributed by atoms with van der Waals surface area (Å²) in [5, 5.41) is 0. The molecule has 0 aromatic rings. The van der Waals surface area contributed by atoms with Gasteiger partial charge in [-0.15, -0.1) is 0 Å². The van der Waals surface area contributed by atoms with Crippen LogP contribution in [0.4, 0.5) is 0 Å². The number of hydrogen-bond donors (Lipinski definition) is 1. The van der Waals surface area contributed by atoms with E-state index in [1.54, 1.807) is 0 Å². The molecule has 0 aromatic heterocycles. The number of ether oxygens (including phenoxy) is 4. The van der Waals surface area contributed by atoms with Gasteiger partial charge in [0.05, 0.1) is 52.7 Å². The van der Waals surface area contributed by atoms with Crippen molar-refractivity contribution in [1.29, 1.82) is 0 Å². The molecule has 21 heavy (non-hydrogen) atoms. The minimum atomic E-state index is -0.547. The zero-order valence-corrected chi connectivity index (χ0v) is 12.7. The molecule has 0 atom stereocenters. The van der Waals surface area contributed by atoms with E-state index >= 15 is 0 Å². The van der Waals surface area contributed by atoms with Crippen molar-refractivity contribution >= 4 is 11.9 Å². The molecular weight excluding hydrogens is 282 g/mol. The molecule has 0 aromatic carbocycles. The number of amides is 1. The van der Waals surface area contributed by atoms with Crippen molar-refractivity contribution in [2.45, 2.75) is 20.3 Å². The predicted molar refractivity (Wildman–Crippen MR) is 73.5 cm³/mol. The van der Waals surface area contributed by atoms with Gasteiger partial charge in [0, 0.05) is 13.5 Å². The van der Waals surface area contributed by atoms with Gasteiger partial charge in [0.25, 0.3) is 0 Å². The monoisotopic (exact) mass is 307 g/mol. The van der Waals surface area contributed by atoms with Crippen LogP contribution in [-0.2, 0) is 33.4 Å². The van der Waals surface area contributed by atoms with Crippen LogP contribution in [0, 0.1) is 0 Å². The lowest BCUT2D eigenvalue weighted by atomic mass is 10.5. The van der Waals surface area contributed by atoms with Crippen LogP contribution in [-0.4, -0.2) is 64.7 Å². The third-order valence-electron chi connectivity index (χ3n) is 2.08. The Hall–Kier alpha value is -1.22. The standard InChI is InChI=1S/C13H25NO7/c1-3-17-6-7-19-10-11-20-9-8-18-5-4-13(16)21-14-12(2)15/h3-11H2,1-2H3,(H,14,15). The average Bonchev–Trinajstić information content (AvgIpc) is 2.46. The summed E-state index contributed by atoms with van der Waals surface area (Å²) in [5.41, 5.74) is 1.95. The SMILES string of the molecule is CCOCCOCCOCCOCCC(=O)ONC(C)=O. The van der Waals surface area contributed by atoms with Crippen molar-refractivity contribution in [3.05, 3.63) is 0 Å². The van der Waals surface area contributed by atoms with Gasteiger partial charge in [-0.1, -0.05) is 0 Å². The second kappa shape index (κ2) is 15.2. The van der Waals surface area contributed by atoms with Gasteiger partial charge in [0.15, 0.2) is 0 Å². The Kier molecular flexibility index (Phi) is 14.3. The zero-order valence-electron chi connectivity index (χ0n) is 12.7. The molecule has 0 spiro atoms. The van der Waals surface area contributed by atoms with Gasteiger partial charge in [-0.25, -0.2) is 4.79 Å². The Balaban J connectivity index is 3.12. The first-order chi connectivity index (χ1) is 10.2. The molecule has 8 heteroatoms. The van der Waals surface area contributed by atoms with Crippen LogP contribution in [0.2, 0.25) is 0 Å². The molecule has 0 bridgehead atoms. The summed E-state index contributed by atoms with van der Waals surface area (Å²) in [6.07, 6.45) is 0.0703. The Morgan fingerprint density at radius 3 is 1.76 bits per heavy atom. The minimum absolute atomic E-state index is 0.0703. The van der Waals surface area contributed by atoms with Crippen LogP contribution in [0.3, 0.4) is 0 Å². The third kappa shape index (κ3) is 16.7. The van der Waals surface area contributed by atoms with Gasteiger partial charge in [-0.05, 0) is 6.92 Å². The third-order valence-corrected chi connectivity index (χ3v) is 2.08. The lowest BCUT2D eigenvalue weighted by Crippen LogP contribution is -2.25. The molecule has 0 saturated heterocycles. The maximum absolute atomic E-state index is 11.1. The summed E-state index contributed by atoms with van der Waals surface area (Å²) < 4.78 is 20.8. The fourth-order valence-electron chi connectivity index (χ4n) is 1.14. The summed E-state index contributed by atoms with van der Waals surface area (Å²) in [5.74, 6) is -0.977. The van der Waals surface area contributed by atoms with Crippen molar-refractivity contribution < 1.29 is 33.4 Å². The van der Waals surface area contributed by atoms with Crippen LogP contribution in [0.15, 0.2) is 0 Å². The fourth-order valence-corrected chi connectivity index (χ4v) is 1.14. The van der Waals surface area contributed by atoms with Gasteiger partial charge >= 0.3 is 5.97 Å². The maximum Gasteiger partial charge on any atom is 0.334 e. The van der Waals surface area contributed by atoms with E-state index in [4.69, 9.17) is 18.9 Å². The molecule has 8 nitrogen and oxygen atoms in total. The molecule has 0 aliphatic heterocycles. The first kappa shape index (κ1) is 19.8. The lowest BCUT2D eigenvalue weighted by molar-refractivity contribution is -0.158. The number of rotatable bonds is 13. The molecule has 1 amide bonds. The molecule has 1 N–H and O–H groups in total. The second-order valence-electron chi connectivity index (χ2n) is 3.92. The highest BCUT2D eigenvalue weighted by atomic mass is 16.7. The molecular formula is C13H25NO7. The van der Waals surface area contributed by atoms with Crippen LogP contribution < -0.4 is 5.48 Å². The van der Waals surface area contributed by atoms with E-state index in [-0.39, 0.29) is 13.0 Å². The van der Waals surface area contributed by atoms with E-state index in [0.717, 1.165) is 0 Å². The topological polar surface area (TPSA) is 92.3 Å². The Labute approximate surface area is 125 Å². The summed E-state index contributed by atoms with van der Waals surface area (Å²) >= 11 is 0. The Morgan fingerprint density at radius 1 is 0.810 bits per heavy atom. The van der Waals surface area contributed by atoms with Gasteiger partial charge in [-0.2, -0.15) is 5.48 Å². The molecule has 0 unspecified atom stereocenters. The van der Waals surface area contributed by atoms with E-state index < -0.39 is 11.9 Å². The van der Waals surface area contributed by atoms with Crippen molar-refractivity contribution in [3.8, 4) is 0 Å². The molecule has 0 radical (unpaired) electrons. The van der Waals surface area contributed by atoms with Gasteiger partial charge in [0.2, 0.25) is 5.91 Å². The fraction of sp³-hybridized carbons (Fsp3) is 0.846. The van der Waals surface area contributed by atoms with Crippen LogP contribution in [0.5, 0.6) is 0 Å². The summed E-state index contributed by atoms with van der Waals surface area (Å²) in [6.45, 7) is 7.04. The number of carbonyl (C=O) groups is 2. The highest BCUT2D eigenvalue weighted by Crippen LogP contribution is 1.87. The average molecular weight is 307 g/mol. The number of hydroxylamine groups is 1. The van der Waals surface area contributed by atoms with Gasteiger partial charge < -0.3 is 23.8 Å². The molecule has 0 aliphatic rings. The maximum atomic E-state index is 11.1. The summed E-state index contributed by atoms with van der Waals surface area (Å²) in [7, 11) is 0. The highest BCUT2D eigenvalue weighted by Gasteiger charge is 2.03. The zero-order chi connectivity index (χ0) is 15.8. The van der Waals surface area contributed by atoms with Gasteiger partial charge in [-0.3, -0.25) is 4.79 Å². The normalized spacial score (nSPS) is 10.4. The van der Waals surface area contributed by atoms with Crippen LogP contribution in [0.1, 0.15) is 20.3 Å². The summed E-state index contributed by atoms with van der Waals surface area (Å²) in [6, 6.07) is 0. The Morgan fingerprint density at radius 2 is 1.29 bits per heavy atom.